The summed E-state index contributed by atoms with van der Waals surface area (Å²) in [5, 5.41) is 0. The summed E-state index contributed by atoms with van der Waals surface area (Å²) in [5.74, 6) is 5.42. The van der Waals surface area contributed by atoms with Crippen molar-refractivity contribution in [1.82, 2.24) is 4.90 Å². The van der Waals surface area contributed by atoms with Crippen LogP contribution in [0.1, 0.15) is 215 Å². The summed E-state index contributed by atoms with van der Waals surface area (Å²) in [6.07, 6.45) is 48.2. The third kappa shape index (κ3) is 16.9. The Balaban J connectivity index is 0.921. The quantitative estimate of drug-likeness (QED) is 0.0485. The van der Waals surface area contributed by atoms with Crippen molar-refractivity contribution in [2.45, 2.75) is 233 Å². The second kappa shape index (κ2) is 29.0. The molecule has 1 heterocycles. The van der Waals surface area contributed by atoms with Crippen molar-refractivity contribution in [3.63, 3.8) is 0 Å². The number of rotatable bonds is 33. The molecule has 5 nitrogen and oxygen atoms in total. The highest BCUT2D eigenvalue weighted by atomic mass is 16.5. The van der Waals surface area contributed by atoms with Gasteiger partial charge in [0.25, 0.3) is 0 Å². The molecule has 4 fully saturated rings. The normalized spacial score (nSPS) is 30.9. The van der Waals surface area contributed by atoms with Gasteiger partial charge in [-0.25, -0.2) is 0 Å². The van der Waals surface area contributed by atoms with E-state index in [2.05, 4.69) is 76.8 Å². The lowest BCUT2D eigenvalue weighted by molar-refractivity contribution is -0.0643. The fraction of sp³-hybridized carbons (Fsp3) is 0.897. The minimum atomic E-state index is 0.137. The van der Waals surface area contributed by atoms with E-state index in [-0.39, 0.29) is 6.10 Å². The summed E-state index contributed by atoms with van der Waals surface area (Å²) < 4.78 is 25.1. The van der Waals surface area contributed by atoms with Crippen LogP contribution in [0.3, 0.4) is 0 Å². The first-order chi connectivity index (χ1) is 30.7. The van der Waals surface area contributed by atoms with Crippen molar-refractivity contribution < 1.29 is 18.9 Å². The standard InChI is InChI=1S/C58H103NO4/c1-8-9-10-11-12-13-14-15-16-17-18-19-20-21-22-24-40-61-46-52(45-59-39-36-51(44-59)60-7)63-42-26-23-25-41-62-50-34-37-57(5)49(43-50)30-31-53-55-33-32-54(48(4)29-27-28-47(2)3)58(55,6)38-35-56(53)57/h12-13,15-16,30,47-48,50-56H,8-11,14,17-29,31-46H2,1-7H3/b13-12-,16-15-/t48-,50+,51?,52?,53+,54-,55+,56+,57+,58-/m1/s1. The second-order valence-corrected chi connectivity index (χ2v) is 22.6. The van der Waals surface area contributed by atoms with Gasteiger partial charge in [-0.3, -0.25) is 4.90 Å². The van der Waals surface area contributed by atoms with Crippen molar-refractivity contribution in [1.29, 1.82) is 0 Å². The van der Waals surface area contributed by atoms with Gasteiger partial charge >= 0.3 is 0 Å². The Hall–Kier alpha value is -0.980. The van der Waals surface area contributed by atoms with Gasteiger partial charge in [-0.15, -0.1) is 0 Å². The monoisotopic (exact) mass is 878 g/mol. The van der Waals surface area contributed by atoms with Crippen molar-refractivity contribution in [2.75, 3.05) is 53.2 Å². The molecule has 0 aromatic rings. The first kappa shape index (κ1) is 53.0. The van der Waals surface area contributed by atoms with Gasteiger partial charge in [0.1, 0.15) is 0 Å². The summed E-state index contributed by atoms with van der Waals surface area (Å²) in [6, 6.07) is 0. The van der Waals surface area contributed by atoms with Gasteiger partial charge in [-0.05, 0) is 162 Å². The van der Waals surface area contributed by atoms with Crippen molar-refractivity contribution in [2.24, 2.45) is 46.3 Å². The molecule has 1 saturated heterocycles. The van der Waals surface area contributed by atoms with E-state index in [1.54, 1.807) is 5.57 Å². The Labute approximate surface area is 391 Å². The van der Waals surface area contributed by atoms with Crippen LogP contribution in [-0.4, -0.2) is 76.4 Å². The Morgan fingerprint density at radius 1 is 0.730 bits per heavy atom. The molecular formula is C58H103NO4. The number of allylic oxidation sites excluding steroid dienone is 5. The van der Waals surface area contributed by atoms with Crippen LogP contribution in [0.15, 0.2) is 36.0 Å². The minimum Gasteiger partial charge on any atom is -0.380 e. The molecule has 5 aliphatic rings. The molecule has 10 atom stereocenters. The molecule has 2 unspecified atom stereocenters. The van der Waals surface area contributed by atoms with E-state index < -0.39 is 0 Å². The lowest BCUT2D eigenvalue weighted by Gasteiger charge is -2.58. The van der Waals surface area contributed by atoms with Crippen LogP contribution in [0.25, 0.3) is 0 Å². The molecule has 4 aliphatic carbocycles. The maximum Gasteiger partial charge on any atom is 0.0934 e. The topological polar surface area (TPSA) is 40.2 Å². The van der Waals surface area contributed by atoms with Gasteiger partial charge in [0.05, 0.1) is 24.9 Å². The maximum atomic E-state index is 6.64. The number of hydrogen-bond acceptors (Lipinski definition) is 5. The zero-order valence-corrected chi connectivity index (χ0v) is 42.7. The van der Waals surface area contributed by atoms with Gasteiger partial charge in [0.15, 0.2) is 0 Å². The third-order valence-corrected chi connectivity index (χ3v) is 17.6. The first-order valence-corrected chi connectivity index (χ1v) is 27.7. The van der Waals surface area contributed by atoms with Crippen LogP contribution in [0.5, 0.6) is 0 Å². The SMILES string of the molecule is CCCCC/C=C\C/C=C\CCCCCCCCOCC(CN1CCC(OC)C1)OCCCCCO[C@H]1CC[C@@]2(C)C(=CC[C@H]3[C@@H]4CC[C@H]([C@H](C)CCCC(C)C)[C@@]4(C)CC[C@@H]32)C1. The molecule has 0 amide bonds. The highest BCUT2D eigenvalue weighted by Crippen LogP contribution is 2.67. The van der Waals surface area contributed by atoms with Gasteiger partial charge in [-0.2, -0.15) is 0 Å². The largest absolute Gasteiger partial charge is 0.380 e. The van der Waals surface area contributed by atoms with Crippen LogP contribution < -0.4 is 0 Å². The van der Waals surface area contributed by atoms with E-state index in [1.165, 1.54) is 141 Å². The Morgan fingerprint density at radius 3 is 2.22 bits per heavy atom. The summed E-state index contributed by atoms with van der Waals surface area (Å²) in [5.41, 5.74) is 2.75. The van der Waals surface area contributed by atoms with Gasteiger partial charge < -0.3 is 18.9 Å². The fourth-order valence-corrected chi connectivity index (χ4v) is 13.7. The lowest BCUT2D eigenvalue weighted by Crippen LogP contribution is -2.51. The van der Waals surface area contributed by atoms with Crippen LogP contribution >= 0.6 is 0 Å². The zero-order valence-electron chi connectivity index (χ0n) is 42.7. The summed E-state index contributed by atoms with van der Waals surface area (Å²) >= 11 is 0. The van der Waals surface area contributed by atoms with Crippen LogP contribution in [0, 0.1) is 46.3 Å². The number of ether oxygens (including phenoxy) is 4. The second-order valence-electron chi connectivity index (χ2n) is 22.6. The van der Waals surface area contributed by atoms with Gasteiger partial charge in [0.2, 0.25) is 0 Å². The number of methoxy groups -OCH3 is 1. The summed E-state index contributed by atoms with van der Waals surface area (Å²) in [6.45, 7) is 21.4. The van der Waals surface area contributed by atoms with Crippen LogP contribution in [-0.2, 0) is 18.9 Å². The van der Waals surface area contributed by atoms with E-state index in [1.807, 2.05) is 7.11 Å². The minimum absolute atomic E-state index is 0.137. The van der Waals surface area contributed by atoms with Crippen LogP contribution in [0.2, 0.25) is 0 Å². The molecule has 63 heavy (non-hydrogen) atoms. The summed E-state index contributed by atoms with van der Waals surface area (Å²) in [7, 11) is 1.85. The van der Waals surface area contributed by atoms with Crippen LogP contribution in [0.4, 0.5) is 0 Å². The molecule has 0 aromatic carbocycles. The Morgan fingerprint density at radius 2 is 1.46 bits per heavy atom. The van der Waals surface area contributed by atoms with E-state index in [4.69, 9.17) is 18.9 Å². The fourth-order valence-electron chi connectivity index (χ4n) is 13.7. The maximum absolute atomic E-state index is 6.64. The van der Waals surface area contributed by atoms with Crippen molar-refractivity contribution in [3.8, 4) is 0 Å². The summed E-state index contributed by atoms with van der Waals surface area (Å²) in [4.78, 5) is 2.51. The number of nitrogens with zero attached hydrogens (tertiary/aromatic N) is 1. The van der Waals surface area contributed by atoms with E-state index in [9.17, 15) is 0 Å². The molecule has 3 saturated carbocycles. The molecule has 5 heteroatoms. The average Bonchev–Trinajstić information content (AvgIpc) is 3.89. The smallest absolute Gasteiger partial charge is 0.0934 e. The molecule has 0 aromatic heterocycles. The Kier molecular flexibility index (Phi) is 24.4. The highest BCUT2D eigenvalue weighted by molar-refractivity contribution is 5.25. The van der Waals surface area contributed by atoms with Gasteiger partial charge in [0, 0.05) is 46.6 Å². The molecule has 5 rings (SSSR count). The molecule has 0 radical (unpaired) electrons. The third-order valence-electron chi connectivity index (χ3n) is 17.6. The lowest BCUT2D eigenvalue weighted by atomic mass is 9.47. The van der Waals surface area contributed by atoms with Gasteiger partial charge in [-0.1, -0.05) is 135 Å². The van der Waals surface area contributed by atoms with Crippen molar-refractivity contribution in [3.05, 3.63) is 36.0 Å². The first-order valence-electron chi connectivity index (χ1n) is 27.7. The molecular weight excluding hydrogens is 775 g/mol. The number of hydrogen-bond donors (Lipinski definition) is 0. The predicted octanol–water partition coefficient (Wildman–Crippen LogP) is 15.5. The molecule has 1 aliphatic heterocycles. The van der Waals surface area contributed by atoms with Crippen molar-refractivity contribution >= 4 is 0 Å². The molecule has 0 spiro atoms. The zero-order chi connectivity index (χ0) is 44.8. The predicted molar refractivity (Wildman–Crippen MR) is 268 cm³/mol. The van der Waals surface area contributed by atoms with E-state index >= 15 is 0 Å². The number of unbranched alkanes of at least 4 members (excludes halogenated alkanes) is 11. The number of likely N-dealkylation sites (tertiary alicyclic amines) is 1. The Bertz CT molecular complexity index is 1310. The molecule has 0 N–H and O–H groups in total. The molecule has 364 valence electrons. The molecule has 0 bridgehead atoms. The van der Waals surface area contributed by atoms with E-state index in [0.717, 1.165) is 107 Å². The number of fused-ring (bicyclic) bond motifs is 5. The van der Waals surface area contributed by atoms with E-state index in [0.29, 0.717) is 29.6 Å². The highest BCUT2D eigenvalue weighted by Gasteiger charge is 2.59. The average molecular weight is 878 g/mol.